The van der Waals surface area contributed by atoms with Crippen LogP contribution in [0.3, 0.4) is 0 Å². The number of rotatable bonds is 1. The van der Waals surface area contributed by atoms with E-state index in [0.717, 1.165) is 32.9 Å². The normalized spacial score (nSPS) is 10.6. The fourth-order valence-corrected chi connectivity index (χ4v) is 2.64. The summed E-state index contributed by atoms with van der Waals surface area (Å²) in [5.41, 5.74) is 3.76. The van der Waals surface area contributed by atoms with Crippen molar-refractivity contribution in [2.75, 3.05) is 0 Å². The summed E-state index contributed by atoms with van der Waals surface area (Å²) < 4.78 is 13.1. The van der Waals surface area contributed by atoms with Crippen molar-refractivity contribution >= 4 is 21.8 Å². The van der Waals surface area contributed by atoms with Crippen molar-refractivity contribution in [3.63, 3.8) is 0 Å². The van der Waals surface area contributed by atoms with Crippen molar-refractivity contribution in [3.05, 3.63) is 72.8 Å². The van der Waals surface area contributed by atoms with E-state index in [1.54, 1.807) is 24.5 Å². The van der Waals surface area contributed by atoms with Crippen molar-refractivity contribution in [2.45, 2.75) is 0 Å². The van der Waals surface area contributed by atoms with Gasteiger partial charge < -0.3 is 0 Å². The van der Waals surface area contributed by atoms with Gasteiger partial charge in [0.1, 0.15) is 5.82 Å². The molecule has 0 aliphatic heterocycles. The quantitative estimate of drug-likeness (QED) is 0.389. The van der Waals surface area contributed by atoms with E-state index in [1.807, 2.05) is 30.3 Å². The molecule has 0 aliphatic carbocycles. The van der Waals surface area contributed by atoms with Crippen LogP contribution in [0.15, 0.2) is 67.0 Å². The Hall–Kier alpha value is -2.15. The van der Waals surface area contributed by atoms with Gasteiger partial charge in [-0.2, -0.15) is 0 Å². The Balaban J connectivity index is 0.00000144. The number of pyridine rings is 2. The first-order valence-corrected chi connectivity index (χ1v) is 6.71. The number of fused-ring (bicyclic) bond motifs is 3. The van der Waals surface area contributed by atoms with Crippen molar-refractivity contribution in [1.82, 2.24) is 9.97 Å². The standard InChI is InChI=1S/C18H11FN2.Re/c19-14-6-3-12(4-7-14)15-9-11-21-18-16(15)8-5-13-2-1-10-20-17(13)18;/h1-11H;. The van der Waals surface area contributed by atoms with Gasteiger partial charge in [-0.05, 0) is 35.4 Å². The molecule has 4 heteroatoms. The Morgan fingerprint density at radius 1 is 0.727 bits per heavy atom. The third-order valence-corrected chi connectivity index (χ3v) is 3.64. The third kappa shape index (κ3) is 2.41. The van der Waals surface area contributed by atoms with E-state index in [4.69, 9.17) is 0 Å². The van der Waals surface area contributed by atoms with Crippen LogP contribution in [-0.4, -0.2) is 9.97 Å². The second-order valence-corrected chi connectivity index (χ2v) is 4.90. The first kappa shape index (κ1) is 14.8. The second-order valence-electron chi connectivity index (χ2n) is 4.90. The van der Waals surface area contributed by atoms with Gasteiger partial charge in [-0.3, -0.25) is 9.97 Å². The van der Waals surface area contributed by atoms with Gasteiger partial charge in [0, 0.05) is 43.6 Å². The van der Waals surface area contributed by atoms with Crippen molar-refractivity contribution < 1.29 is 24.8 Å². The minimum Gasteiger partial charge on any atom is -0.254 e. The number of nitrogens with zero attached hydrogens (tertiary/aromatic N) is 2. The molecule has 107 valence electrons. The Labute approximate surface area is 140 Å². The molecular weight excluding hydrogens is 449 g/mol. The zero-order chi connectivity index (χ0) is 14.2. The van der Waals surface area contributed by atoms with E-state index in [1.165, 1.54) is 12.1 Å². The van der Waals surface area contributed by atoms with Crippen LogP contribution in [0.2, 0.25) is 0 Å². The van der Waals surface area contributed by atoms with Crippen molar-refractivity contribution in [2.24, 2.45) is 0 Å². The van der Waals surface area contributed by atoms with Gasteiger partial charge in [-0.1, -0.05) is 30.3 Å². The smallest absolute Gasteiger partial charge is 0.123 e. The molecular formula is C18H11FN2Re. The van der Waals surface area contributed by atoms with E-state index < -0.39 is 0 Å². The van der Waals surface area contributed by atoms with E-state index >= 15 is 0 Å². The molecule has 0 aliphatic rings. The van der Waals surface area contributed by atoms with Gasteiger partial charge in [0.2, 0.25) is 0 Å². The van der Waals surface area contributed by atoms with Gasteiger partial charge in [0.05, 0.1) is 11.0 Å². The van der Waals surface area contributed by atoms with Gasteiger partial charge in [-0.25, -0.2) is 4.39 Å². The molecule has 0 atom stereocenters. The molecule has 0 unspecified atom stereocenters. The van der Waals surface area contributed by atoms with Crippen LogP contribution in [-0.2, 0) is 20.4 Å². The Morgan fingerprint density at radius 3 is 2.32 bits per heavy atom. The van der Waals surface area contributed by atoms with Gasteiger partial charge in [-0.15, -0.1) is 0 Å². The molecule has 0 spiro atoms. The summed E-state index contributed by atoms with van der Waals surface area (Å²) in [6, 6.07) is 16.5. The summed E-state index contributed by atoms with van der Waals surface area (Å²) in [7, 11) is 0. The van der Waals surface area contributed by atoms with Crippen LogP contribution >= 0.6 is 0 Å². The second kappa shape index (κ2) is 5.92. The molecule has 0 bridgehead atoms. The van der Waals surface area contributed by atoms with Gasteiger partial charge in [0.15, 0.2) is 0 Å². The summed E-state index contributed by atoms with van der Waals surface area (Å²) in [4.78, 5) is 8.91. The average molecular weight is 461 g/mol. The van der Waals surface area contributed by atoms with Crippen molar-refractivity contribution in [3.8, 4) is 11.1 Å². The number of halogens is 1. The maximum absolute atomic E-state index is 13.1. The van der Waals surface area contributed by atoms with Crippen LogP contribution < -0.4 is 0 Å². The van der Waals surface area contributed by atoms with E-state index in [9.17, 15) is 4.39 Å². The molecule has 2 nitrogen and oxygen atoms in total. The SMILES string of the molecule is Fc1ccc(-c2ccnc3c2ccc2cccnc23)cc1.[Re]. The maximum Gasteiger partial charge on any atom is 0.123 e. The fourth-order valence-electron chi connectivity index (χ4n) is 2.64. The Morgan fingerprint density at radius 2 is 1.50 bits per heavy atom. The summed E-state index contributed by atoms with van der Waals surface area (Å²) >= 11 is 0. The van der Waals surface area contributed by atoms with E-state index in [-0.39, 0.29) is 26.2 Å². The summed E-state index contributed by atoms with van der Waals surface area (Å²) in [6.45, 7) is 0. The molecule has 0 amide bonds. The minimum atomic E-state index is -0.232. The number of aromatic nitrogens is 2. The Kier molecular flexibility index (Phi) is 3.98. The number of hydrogen-bond donors (Lipinski definition) is 0. The third-order valence-electron chi connectivity index (χ3n) is 3.64. The molecule has 0 N–H and O–H groups in total. The molecule has 0 saturated carbocycles. The molecule has 4 rings (SSSR count). The molecule has 4 aromatic rings. The first-order chi connectivity index (χ1) is 10.3. The molecule has 22 heavy (non-hydrogen) atoms. The Bertz CT molecular complexity index is 952. The molecule has 0 fully saturated rings. The van der Waals surface area contributed by atoms with Crippen LogP contribution in [0.25, 0.3) is 32.9 Å². The van der Waals surface area contributed by atoms with Crippen LogP contribution in [0, 0.1) is 5.82 Å². The largest absolute Gasteiger partial charge is 0.254 e. The molecule has 2 heterocycles. The molecule has 0 saturated heterocycles. The zero-order valence-electron chi connectivity index (χ0n) is 11.5. The topological polar surface area (TPSA) is 25.8 Å². The summed E-state index contributed by atoms with van der Waals surface area (Å²) in [5, 5.41) is 2.09. The van der Waals surface area contributed by atoms with Crippen LogP contribution in [0.4, 0.5) is 4.39 Å². The van der Waals surface area contributed by atoms with Crippen LogP contribution in [0.5, 0.6) is 0 Å². The van der Waals surface area contributed by atoms with Gasteiger partial charge >= 0.3 is 0 Å². The maximum atomic E-state index is 13.1. The zero-order valence-corrected chi connectivity index (χ0v) is 14.2. The number of benzene rings is 2. The first-order valence-electron chi connectivity index (χ1n) is 6.71. The summed E-state index contributed by atoms with van der Waals surface area (Å²) in [6.07, 6.45) is 3.54. The average Bonchev–Trinajstić information content (AvgIpc) is 2.55. The van der Waals surface area contributed by atoms with Crippen LogP contribution in [0.1, 0.15) is 0 Å². The predicted octanol–water partition coefficient (Wildman–Crippen LogP) is 4.59. The van der Waals surface area contributed by atoms with Crippen molar-refractivity contribution in [1.29, 1.82) is 0 Å². The van der Waals surface area contributed by atoms with E-state index in [2.05, 4.69) is 9.97 Å². The minimum absolute atomic E-state index is 0. The molecule has 2 aromatic carbocycles. The van der Waals surface area contributed by atoms with E-state index in [0.29, 0.717) is 0 Å². The monoisotopic (exact) mass is 461 g/mol. The molecule has 2 aromatic heterocycles. The summed E-state index contributed by atoms with van der Waals surface area (Å²) in [5.74, 6) is -0.232. The predicted molar refractivity (Wildman–Crippen MR) is 82.4 cm³/mol. The molecule has 1 radical (unpaired) electrons. The fraction of sp³-hybridized carbons (Fsp3) is 0. The number of hydrogen-bond acceptors (Lipinski definition) is 2. The van der Waals surface area contributed by atoms with Gasteiger partial charge in [0.25, 0.3) is 0 Å².